The summed E-state index contributed by atoms with van der Waals surface area (Å²) in [6.45, 7) is 1.11. The summed E-state index contributed by atoms with van der Waals surface area (Å²) in [5, 5.41) is 7.12. The molecule has 1 aromatic rings. The number of aromatic nitrogens is 2. The predicted octanol–water partition coefficient (Wildman–Crippen LogP) is 2.33. The van der Waals surface area contributed by atoms with E-state index < -0.39 is 0 Å². The Morgan fingerprint density at radius 2 is 2.12 bits per heavy atom. The van der Waals surface area contributed by atoms with Crippen LogP contribution in [0.4, 0.5) is 5.95 Å². The normalized spacial score (nSPS) is 26.5. The highest BCUT2D eigenvalue weighted by atomic mass is 79.9. The van der Waals surface area contributed by atoms with Gasteiger partial charge in [0.1, 0.15) is 0 Å². The van der Waals surface area contributed by atoms with E-state index in [1.165, 1.54) is 25.7 Å². The Labute approximate surface area is 110 Å². The van der Waals surface area contributed by atoms with Gasteiger partial charge in [-0.25, -0.2) is 9.97 Å². The lowest BCUT2D eigenvalue weighted by atomic mass is 9.70. The zero-order valence-corrected chi connectivity index (χ0v) is 11.3. The SMILES string of the molecule is Brc1cnc(NC2CCNC3(CCC3)C2)nc1. The first-order valence-corrected chi connectivity index (χ1v) is 7.04. The lowest BCUT2D eigenvalue weighted by molar-refractivity contribution is 0.135. The van der Waals surface area contributed by atoms with E-state index in [2.05, 4.69) is 36.5 Å². The van der Waals surface area contributed by atoms with E-state index in [1.54, 1.807) is 12.4 Å². The molecule has 1 spiro atoms. The molecule has 5 heteroatoms. The number of hydrogen-bond acceptors (Lipinski definition) is 4. The molecule has 17 heavy (non-hydrogen) atoms. The third-order valence-electron chi connectivity index (χ3n) is 3.89. The van der Waals surface area contributed by atoms with E-state index in [0.717, 1.165) is 23.4 Å². The lowest BCUT2D eigenvalue weighted by Crippen LogP contribution is -2.58. The second kappa shape index (κ2) is 4.53. The van der Waals surface area contributed by atoms with Crippen molar-refractivity contribution in [3.63, 3.8) is 0 Å². The number of rotatable bonds is 2. The van der Waals surface area contributed by atoms with Gasteiger partial charge in [0.25, 0.3) is 0 Å². The molecule has 3 rings (SSSR count). The van der Waals surface area contributed by atoms with Crippen molar-refractivity contribution in [1.29, 1.82) is 0 Å². The molecule has 0 aromatic carbocycles. The zero-order chi connectivity index (χ0) is 11.7. The van der Waals surface area contributed by atoms with E-state index in [4.69, 9.17) is 0 Å². The van der Waals surface area contributed by atoms with Crippen molar-refractivity contribution >= 4 is 21.9 Å². The molecule has 1 saturated carbocycles. The molecule has 0 bridgehead atoms. The van der Waals surface area contributed by atoms with Gasteiger partial charge in [0.2, 0.25) is 5.95 Å². The topological polar surface area (TPSA) is 49.8 Å². The van der Waals surface area contributed by atoms with Crippen molar-refractivity contribution in [2.75, 3.05) is 11.9 Å². The average molecular weight is 297 g/mol. The van der Waals surface area contributed by atoms with Crippen molar-refractivity contribution < 1.29 is 0 Å². The van der Waals surface area contributed by atoms with Crippen LogP contribution in [0.1, 0.15) is 32.1 Å². The summed E-state index contributed by atoms with van der Waals surface area (Å²) in [4.78, 5) is 8.55. The van der Waals surface area contributed by atoms with Gasteiger partial charge < -0.3 is 10.6 Å². The average Bonchev–Trinajstić information content (AvgIpc) is 2.31. The predicted molar refractivity (Wildman–Crippen MR) is 71.0 cm³/mol. The van der Waals surface area contributed by atoms with E-state index in [1.807, 2.05) is 0 Å². The maximum absolute atomic E-state index is 4.27. The minimum Gasteiger partial charge on any atom is -0.351 e. The van der Waals surface area contributed by atoms with Gasteiger partial charge in [-0.2, -0.15) is 0 Å². The highest BCUT2D eigenvalue weighted by molar-refractivity contribution is 9.10. The van der Waals surface area contributed by atoms with Crippen LogP contribution in [-0.4, -0.2) is 28.1 Å². The fraction of sp³-hybridized carbons (Fsp3) is 0.667. The molecule has 0 radical (unpaired) electrons. The summed E-state index contributed by atoms with van der Waals surface area (Å²) >= 11 is 3.35. The molecule has 1 atom stereocenters. The zero-order valence-electron chi connectivity index (χ0n) is 9.75. The Morgan fingerprint density at radius 1 is 1.35 bits per heavy atom. The monoisotopic (exact) mass is 296 g/mol. The minimum atomic E-state index is 0.422. The Balaban J connectivity index is 1.63. The molecule has 2 N–H and O–H groups in total. The molecule has 2 heterocycles. The van der Waals surface area contributed by atoms with Crippen LogP contribution in [0.15, 0.2) is 16.9 Å². The van der Waals surface area contributed by atoms with Crippen molar-refractivity contribution in [2.45, 2.75) is 43.7 Å². The van der Waals surface area contributed by atoms with Crippen LogP contribution in [0.25, 0.3) is 0 Å². The Morgan fingerprint density at radius 3 is 2.76 bits per heavy atom. The third kappa shape index (κ3) is 2.45. The Hall–Kier alpha value is -0.680. The molecule has 1 saturated heterocycles. The number of nitrogens with one attached hydrogen (secondary N) is 2. The molecule has 1 aromatic heterocycles. The molecular weight excluding hydrogens is 280 g/mol. The lowest BCUT2D eigenvalue weighted by Gasteiger charge is -2.48. The maximum atomic E-state index is 4.27. The van der Waals surface area contributed by atoms with E-state index in [0.29, 0.717) is 11.6 Å². The van der Waals surface area contributed by atoms with Gasteiger partial charge >= 0.3 is 0 Å². The third-order valence-corrected chi connectivity index (χ3v) is 4.30. The van der Waals surface area contributed by atoms with Crippen LogP contribution in [-0.2, 0) is 0 Å². The van der Waals surface area contributed by atoms with Crippen molar-refractivity contribution in [1.82, 2.24) is 15.3 Å². The molecule has 0 amide bonds. The summed E-state index contributed by atoms with van der Waals surface area (Å²) in [6, 6.07) is 0.512. The highest BCUT2D eigenvalue weighted by Gasteiger charge is 2.40. The summed E-state index contributed by atoms with van der Waals surface area (Å²) in [6.07, 6.45) is 9.95. The largest absolute Gasteiger partial charge is 0.351 e. The summed E-state index contributed by atoms with van der Waals surface area (Å²) < 4.78 is 0.920. The molecule has 2 fully saturated rings. The van der Waals surface area contributed by atoms with Gasteiger partial charge in [0.05, 0.1) is 4.47 Å². The van der Waals surface area contributed by atoms with Crippen molar-refractivity contribution in [3.05, 3.63) is 16.9 Å². The van der Waals surface area contributed by atoms with E-state index in [9.17, 15) is 0 Å². The summed E-state index contributed by atoms with van der Waals surface area (Å²) in [5.74, 6) is 0.745. The standard InChI is InChI=1S/C12H17BrN4/c13-9-7-14-11(15-8-9)17-10-2-5-16-12(6-10)3-1-4-12/h7-8,10,16H,1-6H2,(H,14,15,17). The first-order chi connectivity index (χ1) is 8.26. The molecular formula is C12H17BrN4. The minimum absolute atomic E-state index is 0.422. The van der Waals surface area contributed by atoms with E-state index >= 15 is 0 Å². The van der Waals surface area contributed by atoms with Crippen LogP contribution in [0.3, 0.4) is 0 Å². The molecule has 2 aliphatic rings. The first kappa shape index (κ1) is 11.4. The van der Waals surface area contributed by atoms with E-state index in [-0.39, 0.29) is 0 Å². The van der Waals surface area contributed by atoms with Gasteiger partial charge in [-0.15, -0.1) is 0 Å². The van der Waals surface area contributed by atoms with Crippen LogP contribution < -0.4 is 10.6 Å². The van der Waals surface area contributed by atoms with Crippen molar-refractivity contribution in [3.8, 4) is 0 Å². The number of anilines is 1. The summed E-state index contributed by atoms with van der Waals surface area (Å²) in [7, 11) is 0. The number of halogens is 1. The second-order valence-electron chi connectivity index (χ2n) is 5.12. The van der Waals surface area contributed by atoms with Gasteiger partial charge in [-0.05, 0) is 54.6 Å². The van der Waals surface area contributed by atoms with Crippen LogP contribution in [0.2, 0.25) is 0 Å². The smallest absolute Gasteiger partial charge is 0.222 e. The second-order valence-corrected chi connectivity index (χ2v) is 6.04. The first-order valence-electron chi connectivity index (χ1n) is 6.25. The maximum Gasteiger partial charge on any atom is 0.222 e. The fourth-order valence-corrected chi connectivity index (χ4v) is 3.04. The summed E-state index contributed by atoms with van der Waals surface area (Å²) in [5.41, 5.74) is 0.422. The number of hydrogen-bond donors (Lipinski definition) is 2. The van der Waals surface area contributed by atoms with Gasteiger partial charge in [-0.3, -0.25) is 0 Å². The molecule has 4 nitrogen and oxygen atoms in total. The van der Waals surface area contributed by atoms with Crippen LogP contribution >= 0.6 is 15.9 Å². The highest BCUT2D eigenvalue weighted by Crippen LogP contribution is 2.38. The number of nitrogens with zero attached hydrogens (tertiary/aromatic N) is 2. The Kier molecular flexibility index (Phi) is 3.04. The molecule has 1 aliphatic heterocycles. The van der Waals surface area contributed by atoms with Gasteiger partial charge in [0.15, 0.2) is 0 Å². The molecule has 1 aliphatic carbocycles. The molecule has 1 unspecified atom stereocenters. The van der Waals surface area contributed by atoms with Crippen molar-refractivity contribution in [2.24, 2.45) is 0 Å². The Bertz CT molecular complexity index is 388. The van der Waals surface area contributed by atoms with Gasteiger partial charge in [0, 0.05) is 24.0 Å². The molecule has 92 valence electrons. The van der Waals surface area contributed by atoms with Crippen LogP contribution in [0.5, 0.6) is 0 Å². The number of piperidine rings is 1. The quantitative estimate of drug-likeness (QED) is 0.879. The fourth-order valence-electron chi connectivity index (χ4n) is 2.83. The van der Waals surface area contributed by atoms with Crippen LogP contribution in [0, 0.1) is 0 Å². The van der Waals surface area contributed by atoms with Gasteiger partial charge in [-0.1, -0.05) is 0 Å².